The first-order valence-corrected chi connectivity index (χ1v) is 5.11. The lowest BCUT2D eigenvalue weighted by Gasteiger charge is -2.28. The van der Waals surface area contributed by atoms with E-state index in [1.54, 1.807) is 0 Å². The second-order valence-electron chi connectivity index (χ2n) is 4.04. The topological polar surface area (TPSA) is 20.2 Å². The molecule has 1 N–H and O–H groups in total. The molecule has 1 aliphatic carbocycles. The minimum atomic E-state index is -2.88. The van der Waals surface area contributed by atoms with Crippen LogP contribution in [0, 0.1) is 5.92 Å². The van der Waals surface area contributed by atoms with E-state index in [1.807, 2.05) is 0 Å². The largest absolute Gasteiger partial charge is 0.387 e. The van der Waals surface area contributed by atoms with Gasteiger partial charge in [0.05, 0.1) is 0 Å². The number of alkyl halides is 2. The first-order valence-electron chi connectivity index (χ1n) is 5.11. The van der Waals surface area contributed by atoms with Crippen molar-refractivity contribution in [1.82, 2.24) is 0 Å². The number of hydrogen-bond donors (Lipinski definition) is 1. The van der Waals surface area contributed by atoms with Crippen molar-refractivity contribution < 1.29 is 13.9 Å². The molecule has 0 aromatic heterocycles. The van der Waals surface area contributed by atoms with E-state index in [1.165, 1.54) is 6.92 Å². The number of aliphatic hydroxyl groups excluding tert-OH is 1. The van der Waals surface area contributed by atoms with E-state index in [2.05, 4.69) is 0 Å². The second-order valence-corrected chi connectivity index (χ2v) is 4.04. The van der Waals surface area contributed by atoms with Crippen LogP contribution in [0.2, 0.25) is 0 Å². The molecule has 13 heavy (non-hydrogen) atoms. The van der Waals surface area contributed by atoms with Crippen LogP contribution in [0.1, 0.15) is 45.4 Å². The van der Waals surface area contributed by atoms with Gasteiger partial charge in [0.1, 0.15) is 6.10 Å². The van der Waals surface area contributed by atoms with Crippen molar-refractivity contribution in [2.45, 2.75) is 57.5 Å². The fraction of sp³-hybridized carbons (Fsp3) is 1.00. The van der Waals surface area contributed by atoms with Crippen LogP contribution >= 0.6 is 0 Å². The number of rotatable bonds is 2. The summed E-state index contributed by atoms with van der Waals surface area (Å²) in [6.45, 7) is 1.19. The van der Waals surface area contributed by atoms with E-state index in [0.29, 0.717) is 12.8 Å². The molecule has 1 fully saturated rings. The molecule has 0 spiro atoms. The molecule has 0 heterocycles. The van der Waals surface area contributed by atoms with E-state index in [4.69, 9.17) is 5.11 Å². The van der Waals surface area contributed by atoms with Crippen LogP contribution < -0.4 is 0 Å². The molecule has 0 saturated heterocycles. The van der Waals surface area contributed by atoms with Crippen LogP contribution in [0.3, 0.4) is 0 Å². The molecule has 0 aromatic rings. The van der Waals surface area contributed by atoms with Crippen LogP contribution in [0.25, 0.3) is 0 Å². The molecule has 1 rings (SSSR count). The molecule has 1 saturated carbocycles. The van der Waals surface area contributed by atoms with Crippen LogP contribution in [-0.4, -0.2) is 17.1 Å². The normalized spacial score (nSPS) is 24.0. The maximum absolute atomic E-state index is 13.4. The molecule has 0 radical (unpaired) electrons. The highest BCUT2D eigenvalue weighted by molar-refractivity contribution is 4.83. The molecule has 1 unspecified atom stereocenters. The van der Waals surface area contributed by atoms with Crippen molar-refractivity contribution >= 4 is 0 Å². The van der Waals surface area contributed by atoms with Crippen LogP contribution in [0.5, 0.6) is 0 Å². The summed E-state index contributed by atoms with van der Waals surface area (Å²) in [4.78, 5) is 0. The fourth-order valence-corrected chi connectivity index (χ4v) is 2.01. The Hall–Kier alpha value is -0.180. The maximum atomic E-state index is 13.4. The monoisotopic (exact) mass is 192 g/mol. The van der Waals surface area contributed by atoms with Gasteiger partial charge in [-0.05, 0) is 19.8 Å². The molecule has 1 atom stereocenters. The van der Waals surface area contributed by atoms with E-state index in [9.17, 15) is 8.78 Å². The van der Waals surface area contributed by atoms with Gasteiger partial charge in [0.25, 0.3) is 5.92 Å². The molecule has 0 aromatic carbocycles. The van der Waals surface area contributed by atoms with E-state index >= 15 is 0 Å². The van der Waals surface area contributed by atoms with E-state index < -0.39 is 17.9 Å². The highest BCUT2D eigenvalue weighted by Gasteiger charge is 2.43. The third-order valence-electron chi connectivity index (χ3n) is 2.96. The second kappa shape index (κ2) is 4.36. The average molecular weight is 192 g/mol. The summed E-state index contributed by atoms with van der Waals surface area (Å²) in [5.74, 6) is -3.49. The zero-order valence-corrected chi connectivity index (χ0v) is 8.10. The zero-order valence-electron chi connectivity index (χ0n) is 8.10. The van der Waals surface area contributed by atoms with Gasteiger partial charge in [0, 0.05) is 5.92 Å². The van der Waals surface area contributed by atoms with Crippen molar-refractivity contribution in [3.63, 3.8) is 0 Å². The molecular weight excluding hydrogens is 174 g/mol. The summed E-state index contributed by atoms with van der Waals surface area (Å²) >= 11 is 0. The van der Waals surface area contributed by atoms with E-state index in [0.717, 1.165) is 25.7 Å². The molecular formula is C10H18F2O. The van der Waals surface area contributed by atoms with Gasteiger partial charge in [-0.15, -0.1) is 0 Å². The van der Waals surface area contributed by atoms with Gasteiger partial charge in [-0.3, -0.25) is 0 Å². The van der Waals surface area contributed by atoms with Crippen molar-refractivity contribution in [1.29, 1.82) is 0 Å². The van der Waals surface area contributed by atoms with Gasteiger partial charge < -0.3 is 5.11 Å². The SMILES string of the molecule is CC(O)C(F)(F)C1CCCCCC1. The Morgan fingerprint density at radius 1 is 1.15 bits per heavy atom. The Kier molecular flexibility index (Phi) is 3.65. The Balaban J connectivity index is 2.57. The summed E-state index contributed by atoms with van der Waals surface area (Å²) in [5.41, 5.74) is 0. The minimum absolute atomic E-state index is 0.567. The molecule has 0 aliphatic heterocycles. The van der Waals surface area contributed by atoms with Crippen molar-refractivity contribution in [3.8, 4) is 0 Å². The Bertz CT molecular complexity index is 149. The third kappa shape index (κ3) is 2.63. The van der Waals surface area contributed by atoms with E-state index in [-0.39, 0.29) is 0 Å². The molecule has 3 heteroatoms. The summed E-state index contributed by atoms with van der Waals surface area (Å²) < 4.78 is 26.7. The van der Waals surface area contributed by atoms with Crippen LogP contribution in [0.15, 0.2) is 0 Å². The standard InChI is InChI=1S/C10H18F2O/c1-8(13)10(11,12)9-6-4-2-3-5-7-9/h8-9,13H,2-7H2,1H3. The Morgan fingerprint density at radius 3 is 2.00 bits per heavy atom. The minimum Gasteiger partial charge on any atom is -0.387 e. The fourth-order valence-electron chi connectivity index (χ4n) is 2.01. The number of hydrogen-bond acceptors (Lipinski definition) is 1. The third-order valence-corrected chi connectivity index (χ3v) is 2.96. The lowest BCUT2D eigenvalue weighted by atomic mass is 9.90. The molecule has 0 amide bonds. The lowest BCUT2D eigenvalue weighted by molar-refractivity contribution is -0.143. The zero-order chi connectivity index (χ0) is 9.90. The highest BCUT2D eigenvalue weighted by atomic mass is 19.3. The number of halogens is 2. The van der Waals surface area contributed by atoms with Crippen molar-refractivity contribution in [2.75, 3.05) is 0 Å². The molecule has 78 valence electrons. The summed E-state index contributed by atoms with van der Waals surface area (Å²) in [5, 5.41) is 8.97. The van der Waals surface area contributed by atoms with Gasteiger partial charge in [-0.2, -0.15) is 0 Å². The smallest absolute Gasteiger partial charge is 0.275 e. The average Bonchev–Trinajstić information content (AvgIpc) is 2.31. The molecule has 1 nitrogen and oxygen atoms in total. The predicted molar refractivity (Wildman–Crippen MR) is 47.8 cm³/mol. The van der Waals surface area contributed by atoms with Gasteiger partial charge in [-0.1, -0.05) is 25.7 Å². The lowest BCUT2D eigenvalue weighted by Crippen LogP contribution is -2.38. The first-order chi connectivity index (χ1) is 6.05. The molecule has 0 bridgehead atoms. The Labute approximate surface area is 78.1 Å². The predicted octanol–water partition coefficient (Wildman–Crippen LogP) is 2.97. The van der Waals surface area contributed by atoms with Crippen LogP contribution in [-0.2, 0) is 0 Å². The Morgan fingerprint density at radius 2 is 1.62 bits per heavy atom. The quantitative estimate of drug-likeness (QED) is 0.667. The van der Waals surface area contributed by atoms with Crippen molar-refractivity contribution in [3.05, 3.63) is 0 Å². The first kappa shape index (κ1) is 10.9. The molecule has 1 aliphatic rings. The summed E-state index contributed by atoms with van der Waals surface area (Å²) in [6.07, 6.45) is 3.52. The van der Waals surface area contributed by atoms with Gasteiger partial charge in [0.2, 0.25) is 0 Å². The highest BCUT2D eigenvalue weighted by Crippen LogP contribution is 2.37. The maximum Gasteiger partial charge on any atom is 0.275 e. The summed E-state index contributed by atoms with van der Waals surface area (Å²) in [7, 11) is 0. The van der Waals surface area contributed by atoms with Gasteiger partial charge in [-0.25, -0.2) is 8.78 Å². The van der Waals surface area contributed by atoms with Gasteiger partial charge >= 0.3 is 0 Å². The summed E-state index contributed by atoms with van der Waals surface area (Å²) in [6, 6.07) is 0. The number of aliphatic hydroxyl groups is 1. The van der Waals surface area contributed by atoms with Gasteiger partial charge in [0.15, 0.2) is 0 Å². The van der Waals surface area contributed by atoms with Crippen LogP contribution in [0.4, 0.5) is 8.78 Å². The van der Waals surface area contributed by atoms with Crippen molar-refractivity contribution in [2.24, 2.45) is 5.92 Å².